The smallest absolute Gasteiger partial charge is 0.302 e. The fourth-order valence-corrected chi connectivity index (χ4v) is 3.73. The van der Waals surface area contributed by atoms with E-state index in [9.17, 15) is 13.2 Å². The van der Waals surface area contributed by atoms with Crippen molar-refractivity contribution in [3.63, 3.8) is 0 Å². The Morgan fingerprint density at radius 1 is 1.00 bits per heavy atom. The summed E-state index contributed by atoms with van der Waals surface area (Å²) in [5.74, 6) is 0. The van der Waals surface area contributed by atoms with Crippen molar-refractivity contribution in [2.24, 2.45) is 0 Å². The van der Waals surface area contributed by atoms with E-state index >= 15 is 0 Å². The molecule has 0 aromatic heterocycles. The van der Waals surface area contributed by atoms with Crippen molar-refractivity contribution in [3.8, 4) is 0 Å². The van der Waals surface area contributed by atoms with Crippen molar-refractivity contribution in [3.05, 3.63) is 35.4 Å². The number of alkyl halides is 3. The SMILES string of the molecule is FC(F)(F)c1ccccc1CN1CCCC1CN1CCCC1. The highest BCUT2D eigenvalue weighted by atomic mass is 19.4. The third-order valence-corrected chi connectivity index (χ3v) is 4.86. The van der Waals surface area contributed by atoms with Gasteiger partial charge < -0.3 is 4.90 Å². The Balaban J connectivity index is 1.69. The molecule has 2 aliphatic heterocycles. The number of hydrogen-bond acceptors (Lipinski definition) is 2. The van der Waals surface area contributed by atoms with Crippen LogP contribution in [0, 0.1) is 0 Å². The van der Waals surface area contributed by atoms with Gasteiger partial charge in [0.15, 0.2) is 0 Å². The topological polar surface area (TPSA) is 6.48 Å². The van der Waals surface area contributed by atoms with Gasteiger partial charge >= 0.3 is 6.18 Å². The van der Waals surface area contributed by atoms with Gasteiger partial charge in [0.05, 0.1) is 5.56 Å². The maximum absolute atomic E-state index is 13.1. The second kappa shape index (κ2) is 6.59. The Bertz CT molecular complexity index is 495. The molecule has 0 aliphatic carbocycles. The van der Waals surface area contributed by atoms with Crippen LogP contribution >= 0.6 is 0 Å². The number of hydrogen-bond donors (Lipinski definition) is 0. The summed E-state index contributed by atoms with van der Waals surface area (Å²) in [5, 5.41) is 0. The van der Waals surface area contributed by atoms with Crippen molar-refractivity contribution in [2.75, 3.05) is 26.2 Å². The van der Waals surface area contributed by atoms with Crippen LogP contribution in [0.3, 0.4) is 0 Å². The lowest BCUT2D eigenvalue weighted by Gasteiger charge is -2.29. The maximum atomic E-state index is 13.1. The molecule has 2 aliphatic rings. The fourth-order valence-electron chi connectivity index (χ4n) is 3.73. The van der Waals surface area contributed by atoms with E-state index < -0.39 is 11.7 Å². The van der Waals surface area contributed by atoms with Gasteiger partial charge in [-0.25, -0.2) is 0 Å². The molecule has 0 spiro atoms. The molecule has 2 heterocycles. The first-order chi connectivity index (χ1) is 10.5. The van der Waals surface area contributed by atoms with Crippen LogP contribution in [-0.2, 0) is 12.7 Å². The Kier molecular flexibility index (Phi) is 4.73. The van der Waals surface area contributed by atoms with E-state index in [1.807, 2.05) is 0 Å². The first-order valence-electron chi connectivity index (χ1n) is 8.15. The molecule has 0 saturated carbocycles. The fraction of sp³-hybridized carbons (Fsp3) is 0.647. The van der Waals surface area contributed by atoms with E-state index in [1.54, 1.807) is 12.1 Å². The molecular formula is C17H23F3N2. The molecule has 1 aromatic carbocycles. The normalized spacial score (nSPS) is 24.2. The van der Waals surface area contributed by atoms with Gasteiger partial charge in [0.1, 0.15) is 0 Å². The molecule has 1 atom stereocenters. The van der Waals surface area contributed by atoms with Gasteiger partial charge in [0, 0.05) is 19.1 Å². The molecule has 1 unspecified atom stereocenters. The zero-order valence-electron chi connectivity index (χ0n) is 12.8. The molecule has 2 fully saturated rings. The zero-order chi connectivity index (χ0) is 15.6. The van der Waals surface area contributed by atoms with E-state index in [0.29, 0.717) is 18.2 Å². The van der Waals surface area contributed by atoms with Crippen LogP contribution in [0.25, 0.3) is 0 Å². The lowest BCUT2D eigenvalue weighted by Crippen LogP contribution is -2.39. The Morgan fingerprint density at radius 3 is 2.45 bits per heavy atom. The summed E-state index contributed by atoms with van der Waals surface area (Å²) in [6.07, 6.45) is 0.436. The summed E-state index contributed by atoms with van der Waals surface area (Å²) < 4.78 is 39.4. The van der Waals surface area contributed by atoms with E-state index in [2.05, 4.69) is 9.80 Å². The van der Waals surface area contributed by atoms with Gasteiger partial charge in [-0.1, -0.05) is 18.2 Å². The molecule has 22 heavy (non-hydrogen) atoms. The predicted octanol–water partition coefficient (Wildman–Crippen LogP) is 3.77. The lowest BCUT2D eigenvalue weighted by molar-refractivity contribution is -0.138. The van der Waals surface area contributed by atoms with Gasteiger partial charge in [-0.3, -0.25) is 4.90 Å². The van der Waals surface area contributed by atoms with Crippen LogP contribution in [0.2, 0.25) is 0 Å². The van der Waals surface area contributed by atoms with Crippen LogP contribution in [0.1, 0.15) is 36.8 Å². The molecule has 3 rings (SSSR count). The van der Waals surface area contributed by atoms with Crippen molar-refractivity contribution >= 4 is 0 Å². The van der Waals surface area contributed by atoms with Crippen LogP contribution in [0.5, 0.6) is 0 Å². The Hall–Kier alpha value is -1.07. The molecule has 0 radical (unpaired) electrons. The van der Waals surface area contributed by atoms with Gasteiger partial charge in [0.2, 0.25) is 0 Å². The minimum absolute atomic E-state index is 0.402. The van der Waals surface area contributed by atoms with Gasteiger partial charge in [-0.15, -0.1) is 0 Å². The van der Waals surface area contributed by atoms with E-state index in [-0.39, 0.29) is 0 Å². The molecule has 5 heteroatoms. The predicted molar refractivity (Wildman–Crippen MR) is 80.6 cm³/mol. The van der Waals surface area contributed by atoms with Gasteiger partial charge in [-0.05, 0) is 56.9 Å². The van der Waals surface area contributed by atoms with Crippen LogP contribution in [0.15, 0.2) is 24.3 Å². The third-order valence-electron chi connectivity index (χ3n) is 4.86. The van der Waals surface area contributed by atoms with Crippen molar-refractivity contribution in [1.82, 2.24) is 9.80 Å². The van der Waals surface area contributed by atoms with Gasteiger partial charge in [-0.2, -0.15) is 13.2 Å². The quantitative estimate of drug-likeness (QED) is 0.835. The first-order valence-corrected chi connectivity index (χ1v) is 8.15. The largest absolute Gasteiger partial charge is 0.416 e. The van der Waals surface area contributed by atoms with Crippen molar-refractivity contribution in [2.45, 2.75) is 44.4 Å². The summed E-state index contributed by atoms with van der Waals surface area (Å²) in [4.78, 5) is 4.70. The summed E-state index contributed by atoms with van der Waals surface area (Å²) in [6, 6.07) is 6.39. The van der Waals surface area contributed by atoms with E-state index in [1.165, 1.54) is 25.0 Å². The van der Waals surface area contributed by atoms with Crippen molar-refractivity contribution in [1.29, 1.82) is 0 Å². The summed E-state index contributed by atoms with van der Waals surface area (Å²) in [6.45, 7) is 4.61. The molecule has 2 saturated heterocycles. The highest BCUT2D eigenvalue weighted by molar-refractivity contribution is 5.29. The third kappa shape index (κ3) is 3.63. The number of likely N-dealkylation sites (tertiary alicyclic amines) is 2. The number of rotatable bonds is 4. The average molecular weight is 312 g/mol. The molecule has 1 aromatic rings. The highest BCUT2D eigenvalue weighted by Gasteiger charge is 2.34. The van der Waals surface area contributed by atoms with Crippen LogP contribution in [-0.4, -0.2) is 42.0 Å². The number of benzene rings is 1. The summed E-state index contributed by atoms with van der Waals surface area (Å²) in [5.41, 5.74) is -0.0786. The zero-order valence-corrected chi connectivity index (χ0v) is 12.8. The minimum atomic E-state index is -4.26. The van der Waals surface area contributed by atoms with E-state index in [4.69, 9.17) is 0 Å². The monoisotopic (exact) mass is 312 g/mol. The van der Waals surface area contributed by atoms with Gasteiger partial charge in [0.25, 0.3) is 0 Å². The van der Waals surface area contributed by atoms with Crippen molar-refractivity contribution < 1.29 is 13.2 Å². The number of nitrogens with zero attached hydrogens (tertiary/aromatic N) is 2. The lowest BCUT2D eigenvalue weighted by atomic mass is 10.1. The second-order valence-corrected chi connectivity index (χ2v) is 6.43. The summed E-state index contributed by atoms with van der Waals surface area (Å²) >= 11 is 0. The standard InChI is InChI=1S/C17H23F3N2/c18-17(19,20)16-8-2-1-6-14(16)12-22-11-5-7-15(22)13-21-9-3-4-10-21/h1-2,6,8,15H,3-5,7,9-13H2. The van der Waals surface area contributed by atoms with Crippen LogP contribution in [0.4, 0.5) is 13.2 Å². The minimum Gasteiger partial charge on any atom is -0.302 e. The number of halogens is 3. The molecule has 122 valence electrons. The Labute approximate surface area is 129 Å². The average Bonchev–Trinajstić information content (AvgIpc) is 3.12. The molecule has 2 nitrogen and oxygen atoms in total. The maximum Gasteiger partial charge on any atom is 0.416 e. The first kappa shape index (κ1) is 15.8. The molecule has 0 amide bonds. The molecular weight excluding hydrogens is 289 g/mol. The molecule has 0 bridgehead atoms. The molecule has 0 N–H and O–H groups in total. The second-order valence-electron chi connectivity index (χ2n) is 6.43. The van der Waals surface area contributed by atoms with E-state index in [0.717, 1.165) is 39.0 Å². The Morgan fingerprint density at radius 2 is 1.73 bits per heavy atom. The summed E-state index contributed by atoms with van der Waals surface area (Å²) in [7, 11) is 0. The highest BCUT2D eigenvalue weighted by Crippen LogP contribution is 2.33. The van der Waals surface area contributed by atoms with Crippen LogP contribution < -0.4 is 0 Å².